The summed E-state index contributed by atoms with van der Waals surface area (Å²) in [5.41, 5.74) is -0.359. The summed E-state index contributed by atoms with van der Waals surface area (Å²) >= 11 is 11.6. The van der Waals surface area contributed by atoms with E-state index in [1.807, 2.05) is 13.0 Å². The van der Waals surface area contributed by atoms with Crippen molar-refractivity contribution in [1.29, 1.82) is 0 Å². The van der Waals surface area contributed by atoms with Gasteiger partial charge in [0.05, 0.1) is 27.7 Å². The minimum atomic E-state index is -4.87. The number of hydrogen-bond donors (Lipinski definition) is 1. The number of aromatic amines is 1. The number of carbonyl (C=O) groups excluding carboxylic acids is 1. The molecule has 2 N–H and O–H groups in total. The fourth-order valence-electron chi connectivity index (χ4n) is 3.49. The van der Waals surface area contributed by atoms with Crippen LogP contribution in [0.3, 0.4) is 0 Å². The Morgan fingerprint density at radius 2 is 1.89 bits per heavy atom. The lowest BCUT2D eigenvalue weighted by Gasteiger charge is -2.29. The number of pyridine rings is 1. The Morgan fingerprint density at radius 3 is 2.60 bits per heavy atom. The molecule has 4 rings (SSSR count). The van der Waals surface area contributed by atoms with E-state index in [1.54, 1.807) is 12.1 Å². The van der Waals surface area contributed by atoms with Crippen molar-refractivity contribution in [3.05, 3.63) is 75.5 Å². The highest BCUT2D eigenvalue weighted by atomic mass is 35.5. The number of sulfonamides is 1. The molecular weight excluding hydrogens is 530 g/mol. The van der Waals surface area contributed by atoms with Crippen molar-refractivity contribution in [3.63, 3.8) is 0 Å². The number of anilines is 2. The molecule has 184 valence electrons. The lowest BCUT2D eigenvalue weighted by molar-refractivity contribution is -0.380. The van der Waals surface area contributed by atoms with Gasteiger partial charge in [-0.15, -0.1) is 0 Å². The van der Waals surface area contributed by atoms with Crippen molar-refractivity contribution in [2.45, 2.75) is 18.0 Å². The molecule has 0 atom stereocenters. The number of carbonyl (C=O) groups is 1. The molecule has 35 heavy (non-hydrogen) atoms. The highest BCUT2D eigenvalue weighted by Gasteiger charge is 2.36. The van der Waals surface area contributed by atoms with E-state index in [0.29, 0.717) is 17.5 Å². The number of aryl methyl sites for hydroxylation is 1. The van der Waals surface area contributed by atoms with Crippen LogP contribution in [0.4, 0.5) is 24.5 Å². The molecule has 0 aliphatic carbocycles. The van der Waals surface area contributed by atoms with Gasteiger partial charge in [0.25, 0.3) is 15.7 Å². The molecule has 0 saturated carbocycles. The number of aromatic nitrogens is 1. The average molecular weight is 547 g/mol. The normalized spacial score (nSPS) is 13.7. The number of rotatable bonds is 4. The summed E-state index contributed by atoms with van der Waals surface area (Å²) in [5.74, 6) is -0.117. The summed E-state index contributed by atoms with van der Waals surface area (Å²) in [6.45, 7) is 2.23. The summed E-state index contributed by atoms with van der Waals surface area (Å²) in [6, 6.07) is 8.65. The van der Waals surface area contributed by atoms with Gasteiger partial charge in [0, 0.05) is 0 Å². The lowest BCUT2D eigenvalue weighted by Crippen LogP contribution is -2.41. The first kappa shape index (κ1) is 25.1. The van der Waals surface area contributed by atoms with Crippen molar-refractivity contribution in [3.8, 4) is 5.75 Å². The van der Waals surface area contributed by atoms with Crippen LogP contribution >= 0.6 is 23.2 Å². The molecule has 3 aromatic rings. The third-order valence-corrected chi connectivity index (χ3v) is 7.05. The molecule has 13 heteroatoms. The standard InChI is InChI=1S/C22H16Cl2F3N3O4S/c1-12-2-5-19-18(8-12)30(6-7-34-19)21(31)20-17(9-13(23)11-28-20)29-35(32,33)14-3-4-16(24)15(10-14)22(25,26)27/h2-5,8-11,29H,6-7H2,1H3/p+1. The molecule has 7 nitrogen and oxygen atoms in total. The van der Waals surface area contributed by atoms with Crippen molar-refractivity contribution >= 4 is 50.5 Å². The predicted molar refractivity (Wildman–Crippen MR) is 124 cm³/mol. The van der Waals surface area contributed by atoms with E-state index in [1.165, 1.54) is 17.2 Å². The van der Waals surface area contributed by atoms with Gasteiger partial charge in [-0.1, -0.05) is 29.3 Å². The van der Waals surface area contributed by atoms with Gasteiger partial charge >= 0.3 is 12.1 Å². The number of alkyl halides is 3. The van der Waals surface area contributed by atoms with Crippen LogP contribution in [0.5, 0.6) is 5.75 Å². The minimum absolute atomic E-state index is 0.0598. The van der Waals surface area contributed by atoms with Crippen molar-refractivity contribution in [2.75, 3.05) is 22.8 Å². The highest BCUT2D eigenvalue weighted by molar-refractivity contribution is 7.92. The van der Waals surface area contributed by atoms with Crippen molar-refractivity contribution in [2.24, 2.45) is 0 Å². The van der Waals surface area contributed by atoms with E-state index in [9.17, 15) is 26.4 Å². The number of ether oxygens (including phenoxy) is 1. The number of halogens is 5. The minimum Gasteiger partial charge on any atom is -0.490 e. The molecule has 1 aliphatic heterocycles. The van der Waals surface area contributed by atoms with Crippen LogP contribution in [-0.2, 0) is 16.2 Å². The lowest BCUT2D eigenvalue weighted by atomic mass is 10.1. The molecular formula is C22H17Cl2F3N3O4S+. The van der Waals surface area contributed by atoms with Crippen LogP contribution in [0.2, 0.25) is 10.0 Å². The highest BCUT2D eigenvalue weighted by Crippen LogP contribution is 2.37. The quantitative estimate of drug-likeness (QED) is 0.500. The number of H-pyrrole nitrogens is 1. The van der Waals surface area contributed by atoms with Crippen LogP contribution < -0.4 is 19.3 Å². The first-order chi connectivity index (χ1) is 16.4. The van der Waals surface area contributed by atoms with Gasteiger partial charge in [0.1, 0.15) is 23.1 Å². The number of hydrogen-bond acceptors (Lipinski definition) is 4. The average Bonchev–Trinajstić information content (AvgIpc) is 2.77. The largest absolute Gasteiger partial charge is 0.490 e. The molecule has 0 fully saturated rings. The monoisotopic (exact) mass is 546 g/mol. The molecule has 0 radical (unpaired) electrons. The predicted octanol–water partition coefficient (Wildman–Crippen LogP) is 4.97. The molecule has 1 aromatic heterocycles. The summed E-state index contributed by atoms with van der Waals surface area (Å²) in [7, 11) is -4.57. The SMILES string of the molecule is Cc1ccc2c(c1)N(C(=O)c1[nH+]cc(Cl)cc1NS(=O)(=O)c1ccc(Cl)c(C(F)(F)F)c1)CCO2. The third kappa shape index (κ3) is 5.16. The van der Waals surface area contributed by atoms with Gasteiger partial charge in [0.15, 0.2) is 6.20 Å². The Hall–Kier alpha value is -3.02. The zero-order valence-corrected chi connectivity index (χ0v) is 20.2. The summed E-state index contributed by atoms with van der Waals surface area (Å²) < 4.78 is 73.4. The Balaban J connectivity index is 1.73. The van der Waals surface area contributed by atoms with E-state index in [2.05, 4.69) is 9.71 Å². The fraction of sp³-hybridized carbons (Fsp3) is 0.182. The number of nitrogens with zero attached hydrogens (tertiary/aromatic N) is 1. The molecule has 2 aromatic carbocycles. The topological polar surface area (TPSA) is 89.9 Å². The van der Waals surface area contributed by atoms with Gasteiger partial charge < -0.3 is 4.74 Å². The van der Waals surface area contributed by atoms with Gasteiger partial charge in [0.2, 0.25) is 0 Å². The van der Waals surface area contributed by atoms with E-state index in [0.717, 1.165) is 17.7 Å². The van der Waals surface area contributed by atoms with E-state index < -0.39 is 37.6 Å². The first-order valence-electron chi connectivity index (χ1n) is 10.0. The van der Waals surface area contributed by atoms with E-state index in [-0.39, 0.29) is 29.6 Å². The molecule has 0 spiro atoms. The van der Waals surface area contributed by atoms with Gasteiger partial charge in [-0.05, 0) is 48.9 Å². The van der Waals surface area contributed by atoms with Crippen LogP contribution in [-0.4, -0.2) is 27.5 Å². The number of benzene rings is 2. The zero-order chi connectivity index (χ0) is 25.5. The van der Waals surface area contributed by atoms with Gasteiger partial charge in [-0.2, -0.15) is 13.2 Å². The Labute approximate surface area is 208 Å². The Kier molecular flexibility index (Phi) is 6.60. The second-order valence-corrected chi connectivity index (χ2v) is 10.2. The fourth-order valence-corrected chi connectivity index (χ4v) is 4.97. The van der Waals surface area contributed by atoms with Crippen LogP contribution in [0.25, 0.3) is 0 Å². The maximum Gasteiger partial charge on any atom is 0.417 e. The number of amides is 1. The van der Waals surface area contributed by atoms with E-state index in [4.69, 9.17) is 27.9 Å². The molecule has 2 heterocycles. The summed E-state index contributed by atoms with van der Waals surface area (Å²) in [6.07, 6.45) is -3.58. The number of fused-ring (bicyclic) bond motifs is 1. The van der Waals surface area contributed by atoms with Crippen molar-refractivity contribution in [1.82, 2.24) is 0 Å². The summed E-state index contributed by atoms with van der Waals surface area (Å²) in [4.78, 5) is 16.8. The maximum atomic E-state index is 13.5. The van der Waals surface area contributed by atoms with Gasteiger partial charge in [-0.25, -0.2) is 13.4 Å². The van der Waals surface area contributed by atoms with E-state index >= 15 is 0 Å². The molecule has 0 bridgehead atoms. The van der Waals surface area contributed by atoms with Crippen molar-refractivity contribution < 1.29 is 36.1 Å². The molecule has 0 saturated heterocycles. The Morgan fingerprint density at radius 1 is 1.14 bits per heavy atom. The van der Waals surface area contributed by atoms with Gasteiger partial charge in [-0.3, -0.25) is 14.4 Å². The smallest absolute Gasteiger partial charge is 0.417 e. The molecule has 0 unspecified atom stereocenters. The van der Waals surface area contributed by atoms with Crippen LogP contribution in [0.1, 0.15) is 21.6 Å². The van der Waals surface area contributed by atoms with Crippen LogP contribution in [0.15, 0.2) is 53.6 Å². The number of nitrogens with one attached hydrogen (secondary N) is 2. The second-order valence-electron chi connectivity index (χ2n) is 7.63. The first-order valence-corrected chi connectivity index (χ1v) is 12.3. The Bertz CT molecular complexity index is 1430. The molecule has 1 aliphatic rings. The van der Waals surface area contributed by atoms with Crippen LogP contribution in [0, 0.1) is 6.92 Å². The zero-order valence-electron chi connectivity index (χ0n) is 17.9. The maximum absolute atomic E-state index is 13.5. The summed E-state index contributed by atoms with van der Waals surface area (Å²) in [5, 5.41) is -0.589. The third-order valence-electron chi connectivity index (χ3n) is 5.14. The molecule has 1 amide bonds. The second kappa shape index (κ2) is 9.21.